The number of hydrogen-bond acceptors (Lipinski definition) is 5. The Balaban J connectivity index is 1.91. The van der Waals surface area contributed by atoms with Gasteiger partial charge in [-0.15, -0.1) is 11.3 Å². The fourth-order valence-corrected chi connectivity index (χ4v) is 3.69. The molecule has 1 aromatic carbocycles. The highest BCUT2D eigenvalue weighted by Crippen LogP contribution is 2.32. The van der Waals surface area contributed by atoms with E-state index < -0.39 is 0 Å². The molecule has 0 unspecified atom stereocenters. The van der Waals surface area contributed by atoms with Gasteiger partial charge in [0.05, 0.1) is 18.4 Å². The lowest BCUT2D eigenvalue weighted by Crippen LogP contribution is -2.29. The first-order chi connectivity index (χ1) is 10.2. The van der Waals surface area contributed by atoms with Crippen LogP contribution in [0.3, 0.4) is 0 Å². The van der Waals surface area contributed by atoms with Crippen LogP contribution in [0.15, 0.2) is 24.3 Å². The molecule has 3 rings (SSSR count). The predicted octanol–water partition coefficient (Wildman–Crippen LogP) is 2.97. The van der Waals surface area contributed by atoms with Crippen LogP contribution in [-0.4, -0.2) is 36.1 Å². The van der Waals surface area contributed by atoms with Crippen LogP contribution in [0.2, 0.25) is 0 Å². The van der Waals surface area contributed by atoms with Crippen LogP contribution in [0.1, 0.15) is 27.9 Å². The largest absolute Gasteiger partial charge is 0.465 e. The van der Waals surface area contributed by atoms with E-state index in [2.05, 4.69) is 11.8 Å². The molecule has 2 aromatic rings. The topological polar surface area (TPSA) is 42.4 Å². The maximum absolute atomic E-state index is 11.6. The lowest BCUT2D eigenvalue weighted by molar-refractivity contribution is 0.0601. The van der Waals surface area contributed by atoms with Gasteiger partial charge in [0.25, 0.3) is 0 Å². The van der Waals surface area contributed by atoms with Crippen LogP contribution in [-0.2, 0) is 17.7 Å². The van der Waals surface area contributed by atoms with E-state index in [0.29, 0.717) is 5.56 Å². The number of carbonyl (C=O) groups excluding carboxylic acids is 1. The van der Waals surface area contributed by atoms with Gasteiger partial charge < -0.3 is 4.74 Å². The fraction of sp³-hybridized carbons (Fsp3) is 0.375. The Hall–Kier alpha value is -1.72. The Morgan fingerprint density at radius 2 is 2.33 bits per heavy atom. The van der Waals surface area contributed by atoms with E-state index >= 15 is 0 Å². The number of nitrogens with zero attached hydrogens (tertiary/aromatic N) is 2. The molecule has 0 saturated heterocycles. The smallest absolute Gasteiger partial charge is 0.337 e. The van der Waals surface area contributed by atoms with Gasteiger partial charge in [-0.1, -0.05) is 19.1 Å². The number of hydrogen-bond donors (Lipinski definition) is 0. The minimum atomic E-state index is -0.310. The molecular formula is C16H18N2O2S. The summed E-state index contributed by atoms with van der Waals surface area (Å²) in [6.07, 6.45) is 1.01. The monoisotopic (exact) mass is 302 g/mol. The number of fused-ring (bicyclic) bond motifs is 1. The van der Waals surface area contributed by atoms with Crippen molar-refractivity contribution in [3.05, 3.63) is 40.4 Å². The van der Waals surface area contributed by atoms with Crippen molar-refractivity contribution in [3.63, 3.8) is 0 Å². The molecule has 0 fully saturated rings. The maximum Gasteiger partial charge on any atom is 0.337 e. The van der Waals surface area contributed by atoms with Crippen molar-refractivity contribution in [3.8, 4) is 10.6 Å². The Morgan fingerprint density at radius 3 is 3.10 bits per heavy atom. The molecule has 0 saturated carbocycles. The Labute approximate surface area is 128 Å². The van der Waals surface area contributed by atoms with Crippen LogP contribution in [0.25, 0.3) is 10.6 Å². The quantitative estimate of drug-likeness (QED) is 0.818. The molecule has 5 heteroatoms. The van der Waals surface area contributed by atoms with E-state index in [1.807, 2.05) is 18.2 Å². The van der Waals surface area contributed by atoms with E-state index in [4.69, 9.17) is 9.72 Å². The molecular weight excluding hydrogens is 284 g/mol. The molecule has 1 aromatic heterocycles. The van der Waals surface area contributed by atoms with Gasteiger partial charge in [0.2, 0.25) is 0 Å². The maximum atomic E-state index is 11.6. The molecule has 0 amide bonds. The van der Waals surface area contributed by atoms with Gasteiger partial charge in [-0.2, -0.15) is 0 Å². The molecule has 4 nitrogen and oxygen atoms in total. The van der Waals surface area contributed by atoms with Gasteiger partial charge >= 0.3 is 5.97 Å². The first-order valence-electron chi connectivity index (χ1n) is 7.11. The van der Waals surface area contributed by atoms with E-state index in [1.54, 1.807) is 17.4 Å². The van der Waals surface area contributed by atoms with Crippen molar-refractivity contribution in [2.45, 2.75) is 19.9 Å². The standard InChI is InChI=1S/C16H18N2O2S/c1-3-18-8-7-13-14(10-18)21-15(17-13)11-5-4-6-12(9-11)16(19)20-2/h4-6,9H,3,7-8,10H2,1-2H3. The second-order valence-electron chi connectivity index (χ2n) is 5.08. The molecule has 0 spiro atoms. The summed E-state index contributed by atoms with van der Waals surface area (Å²) < 4.78 is 4.77. The number of esters is 1. The molecule has 0 bridgehead atoms. The van der Waals surface area contributed by atoms with E-state index in [9.17, 15) is 4.79 Å². The zero-order valence-electron chi connectivity index (χ0n) is 12.3. The van der Waals surface area contributed by atoms with Gasteiger partial charge in [0.1, 0.15) is 5.01 Å². The molecule has 0 radical (unpaired) electrons. The minimum Gasteiger partial charge on any atom is -0.465 e. The molecule has 21 heavy (non-hydrogen) atoms. The summed E-state index contributed by atoms with van der Waals surface area (Å²) in [5.41, 5.74) is 2.77. The van der Waals surface area contributed by atoms with Crippen molar-refractivity contribution in [2.75, 3.05) is 20.2 Å². The number of rotatable bonds is 3. The number of ether oxygens (including phenoxy) is 1. The highest BCUT2D eigenvalue weighted by atomic mass is 32.1. The highest BCUT2D eigenvalue weighted by molar-refractivity contribution is 7.15. The van der Waals surface area contributed by atoms with Crippen LogP contribution in [0.5, 0.6) is 0 Å². The number of carbonyl (C=O) groups is 1. The van der Waals surface area contributed by atoms with Gasteiger partial charge in [-0.25, -0.2) is 9.78 Å². The van der Waals surface area contributed by atoms with Crippen molar-refractivity contribution in [1.82, 2.24) is 9.88 Å². The third-order valence-corrected chi connectivity index (χ3v) is 4.92. The van der Waals surface area contributed by atoms with Gasteiger partial charge in [-0.3, -0.25) is 4.90 Å². The zero-order chi connectivity index (χ0) is 14.8. The Kier molecular flexibility index (Phi) is 4.03. The molecule has 1 aliphatic heterocycles. The van der Waals surface area contributed by atoms with E-state index in [1.165, 1.54) is 17.7 Å². The second-order valence-corrected chi connectivity index (χ2v) is 6.16. The number of benzene rings is 1. The zero-order valence-corrected chi connectivity index (χ0v) is 13.1. The minimum absolute atomic E-state index is 0.310. The van der Waals surface area contributed by atoms with Gasteiger partial charge in [0, 0.05) is 30.0 Å². The third kappa shape index (κ3) is 2.84. The Morgan fingerprint density at radius 1 is 1.48 bits per heavy atom. The van der Waals surface area contributed by atoms with Crippen molar-refractivity contribution >= 4 is 17.3 Å². The summed E-state index contributed by atoms with van der Waals surface area (Å²) in [5.74, 6) is -0.310. The number of likely N-dealkylation sites (N-methyl/N-ethyl adjacent to an activating group) is 1. The van der Waals surface area contributed by atoms with Crippen LogP contribution >= 0.6 is 11.3 Å². The molecule has 2 heterocycles. The molecule has 0 aliphatic carbocycles. The predicted molar refractivity (Wildman–Crippen MR) is 83.5 cm³/mol. The molecule has 0 atom stereocenters. The van der Waals surface area contributed by atoms with Crippen LogP contribution in [0, 0.1) is 0 Å². The first-order valence-corrected chi connectivity index (χ1v) is 7.92. The first kappa shape index (κ1) is 14.2. The summed E-state index contributed by atoms with van der Waals surface area (Å²) in [5, 5.41) is 0.990. The van der Waals surface area contributed by atoms with Gasteiger partial charge in [-0.05, 0) is 18.7 Å². The number of methoxy groups -OCH3 is 1. The molecule has 110 valence electrons. The van der Waals surface area contributed by atoms with Crippen molar-refractivity contribution in [1.29, 1.82) is 0 Å². The van der Waals surface area contributed by atoms with Crippen molar-refractivity contribution in [2.24, 2.45) is 0 Å². The number of thiazole rings is 1. The fourth-order valence-electron chi connectivity index (χ4n) is 2.54. The highest BCUT2D eigenvalue weighted by Gasteiger charge is 2.20. The summed E-state index contributed by atoms with van der Waals surface area (Å²) in [7, 11) is 1.40. The summed E-state index contributed by atoms with van der Waals surface area (Å²) in [6, 6.07) is 7.49. The van der Waals surface area contributed by atoms with Gasteiger partial charge in [0.15, 0.2) is 0 Å². The lowest BCUT2D eigenvalue weighted by atomic mass is 10.1. The summed E-state index contributed by atoms with van der Waals surface area (Å²) in [6.45, 7) is 5.33. The number of aromatic nitrogens is 1. The normalized spacial score (nSPS) is 14.8. The average molecular weight is 302 g/mol. The van der Waals surface area contributed by atoms with E-state index in [0.717, 1.165) is 36.6 Å². The third-order valence-electron chi connectivity index (χ3n) is 3.79. The summed E-state index contributed by atoms with van der Waals surface area (Å²) in [4.78, 5) is 20.2. The Bertz CT molecular complexity index is 666. The van der Waals surface area contributed by atoms with Crippen LogP contribution < -0.4 is 0 Å². The lowest BCUT2D eigenvalue weighted by Gasteiger charge is -2.23. The average Bonchev–Trinajstić information content (AvgIpc) is 2.97. The van der Waals surface area contributed by atoms with Crippen molar-refractivity contribution < 1.29 is 9.53 Å². The SMILES string of the molecule is CCN1CCc2nc(-c3cccc(C(=O)OC)c3)sc2C1. The summed E-state index contributed by atoms with van der Waals surface area (Å²) >= 11 is 1.73. The molecule has 0 N–H and O–H groups in total. The molecule has 1 aliphatic rings. The van der Waals surface area contributed by atoms with Crippen LogP contribution in [0.4, 0.5) is 0 Å². The second kappa shape index (κ2) is 5.95. The van der Waals surface area contributed by atoms with E-state index in [-0.39, 0.29) is 5.97 Å².